The van der Waals surface area contributed by atoms with Crippen molar-refractivity contribution in [3.8, 4) is 0 Å². The number of aliphatic hydroxyl groups excluding tert-OH is 1. The number of hydrogen-bond donors (Lipinski definition) is 3. The van der Waals surface area contributed by atoms with E-state index in [0.29, 0.717) is 18.3 Å². The average molecular weight is 411 g/mol. The number of pyridine rings is 1. The number of hydrogen-bond acceptors (Lipinski definition) is 7. The molecule has 0 spiro atoms. The molecule has 2 aromatic heterocycles. The van der Waals surface area contributed by atoms with Crippen LogP contribution >= 0.6 is 0 Å². The zero-order valence-electron chi connectivity index (χ0n) is 18.3. The normalized spacial score (nSPS) is 13.8. The molecule has 162 valence electrons. The summed E-state index contributed by atoms with van der Waals surface area (Å²) < 4.78 is 0. The first kappa shape index (κ1) is 23.5. The Labute approximate surface area is 179 Å². The van der Waals surface area contributed by atoms with Crippen molar-refractivity contribution in [2.75, 3.05) is 37.4 Å². The maximum Gasteiger partial charge on any atom is 0.147 e. The van der Waals surface area contributed by atoms with E-state index in [0.717, 1.165) is 49.4 Å². The maximum absolute atomic E-state index is 9.07. The number of fused-ring (bicyclic) bond motifs is 1. The number of anilines is 2. The number of nitrogens with two attached hydrogens (primary N) is 2. The molecule has 7 nitrogen and oxygen atoms in total. The van der Waals surface area contributed by atoms with Gasteiger partial charge in [-0.1, -0.05) is 19.1 Å². The van der Waals surface area contributed by atoms with Gasteiger partial charge in [0.15, 0.2) is 0 Å². The second kappa shape index (κ2) is 12.0. The van der Waals surface area contributed by atoms with Gasteiger partial charge in [-0.05, 0) is 62.9 Å². The van der Waals surface area contributed by atoms with Crippen LogP contribution in [0, 0.1) is 12.8 Å². The third kappa shape index (κ3) is 6.37. The first-order valence-electron chi connectivity index (χ1n) is 10.5. The first-order chi connectivity index (χ1) is 14.6. The molecule has 30 heavy (non-hydrogen) atoms. The van der Waals surface area contributed by atoms with E-state index >= 15 is 0 Å². The molecular formula is C23H34N6O. The van der Waals surface area contributed by atoms with Gasteiger partial charge in [0, 0.05) is 31.3 Å². The van der Waals surface area contributed by atoms with Crippen molar-refractivity contribution in [2.45, 2.75) is 33.1 Å². The van der Waals surface area contributed by atoms with Crippen LogP contribution in [0.1, 0.15) is 31.0 Å². The summed E-state index contributed by atoms with van der Waals surface area (Å²) in [6.45, 7) is 6.19. The molecule has 1 aliphatic rings. The first-order valence-corrected chi connectivity index (χ1v) is 10.5. The molecule has 1 saturated heterocycles. The number of aryl methyl sites for hydroxylation is 2. The van der Waals surface area contributed by atoms with Gasteiger partial charge < -0.3 is 21.5 Å². The molecular weight excluding hydrogens is 376 g/mol. The predicted molar refractivity (Wildman–Crippen MR) is 124 cm³/mol. The highest BCUT2D eigenvalue weighted by Crippen LogP contribution is 2.21. The molecule has 0 unspecified atom stereocenters. The summed E-state index contributed by atoms with van der Waals surface area (Å²) in [5.74, 6) is 1.83. The third-order valence-electron chi connectivity index (χ3n) is 5.24. The van der Waals surface area contributed by atoms with Gasteiger partial charge in [-0.3, -0.25) is 4.98 Å². The highest BCUT2D eigenvalue weighted by atomic mass is 16.3. The van der Waals surface area contributed by atoms with Crippen LogP contribution in [0.5, 0.6) is 0 Å². The molecule has 1 aromatic carbocycles. The number of nitrogens with zero attached hydrogens (tertiary/aromatic N) is 4. The number of aromatic nitrogens is 3. The number of piperidine rings is 1. The van der Waals surface area contributed by atoms with Crippen LogP contribution in [0.4, 0.5) is 11.6 Å². The highest BCUT2D eigenvalue weighted by Gasteiger charge is 2.19. The monoisotopic (exact) mass is 410 g/mol. The summed E-state index contributed by atoms with van der Waals surface area (Å²) in [5.41, 5.74) is 13.4. The van der Waals surface area contributed by atoms with Crippen molar-refractivity contribution in [1.82, 2.24) is 15.0 Å². The molecule has 0 saturated carbocycles. The summed E-state index contributed by atoms with van der Waals surface area (Å²) in [6, 6.07) is 10.5. The minimum absolute atomic E-state index is 0.292. The second-order valence-electron chi connectivity index (χ2n) is 7.20. The number of aliphatic hydroxyl groups is 1. The SMILES string of the molecule is CCc1ccc2ncccc2c1.CN.Cc1nc(N2CCC(CO)CC2)cnc1N. The zero-order chi connectivity index (χ0) is 21.9. The quantitative estimate of drug-likeness (QED) is 0.608. The van der Waals surface area contributed by atoms with E-state index in [9.17, 15) is 0 Å². The lowest BCUT2D eigenvalue weighted by molar-refractivity contribution is 0.202. The summed E-state index contributed by atoms with van der Waals surface area (Å²) in [7, 11) is 1.50. The van der Waals surface area contributed by atoms with E-state index in [1.54, 1.807) is 6.20 Å². The Morgan fingerprint density at radius 1 is 1.13 bits per heavy atom. The lowest BCUT2D eigenvalue weighted by Gasteiger charge is -2.31. The summed E-state index contributed by atoms with van der Waals surface area (Å²) >= 11 is 0. The van der Waals surface area contributed by atoms with E-state index in [1.807, 2.05) is 19.2 Å². The smallest absolute Gasteiger partial charge is 0.147 e. The number of nitrogen functional groups attached to an aromatic ring is 1. The Hall–Kier alpha value is -2.77. The Morgan fingerprint density at radius 3 is 2.50 bits per heavy atom. The van der Waals surface area contributed by atoms with Crippen LogP contribution in [0.2, 0.25) is 0 Å². The molecule has 3 aromatic rings. The largest absolute Gasteiger partial charge is 0.396 e. The van der Waals surface area contributed by atoms with Crippen LogP contribution < -0.4 is 16.4 Å². The molecule has 0 radical (unpaired) electrons. The lowest BCUT2D eigenvalue weighted by Crippen LogP contribution is -2.35. The fraction of sp³-hybridized carbons (Fsp3) is 0.435. The Kier molecular flexibility index (Phi) is 9.44. The second-order valence-corrected chi connectivity index (χ2v) is 7.20. The molecule has 5 N–H and O–H groups in total. The molecule has 1 aliphatic heterocycles. The standard InChI is InChI=1S/C11H18N4O.C11H11N.CH5N/c1-8-11(12)13-6-10(14-8)15-4-2-9(7-16)3-5-15;1-2-9-5-6-11-10(8-9)4-3-7-12-11;1-2/h6,9,16H,2-5,7H2,1H3,(H2,12,13);3-8H,2H2,1H3;2H2,1H3. The van der Waals surface area contributed by atoms with Gasteiger partial charge >= 0.3 is 0 Å². The Balaban J connectivity index is 0.000000204. The Bertz CT molecular complexity index is 909. The van der Waals surface area contributed by atoms with Crippen molar-refractivity contribution < 1.29 is 5.11 Å². The number of benzene rings is 1. The van der Waals surface area contributed by atoms with Crippen molar-refractivity contribution >= 4 is 22.5 Å². The van der Waals surface area contributed by atoms with Gasteiger partial charge in [-0.2, -0.15) is 0 Å². The van der Waals surface area contributed by atoms with Crippen LogP contribution in [0.15, 0.2) is 42.7 Å². The molecule has 4 rings (SSSR count). The molecule has 1 fully saturated rings. The van der Waals surface area contributed by atoms with Gasteiger partial charge in [-0.25, -0.2) is 9.97 Å². The van der Waals surface area contributed by atoms with E-state index in [1.165, 1.54) is 18.0 Å². The van der Waals surface area contributed by atoms with E-state index < -0.39 is 0 Å². The van der Waals surface area contributed by atoms with Gasteiger partial charge in [0.25, 0.3) is 0 Å². The van der Waals surface area contributed by atoms with Crippen LogP contribution in [0.3, 0.4) is 0 Å². The zero-order valence-corrected chi connectivity index (χ0v) is 18.3. The van der Waals surface area contributed by atoms with Gasteiger partial charge in [-0.15, -0.1) is 0 Å². The fourth-order valence-corrected chi connectivity index (χ4v) is 3.32. The van der Waals surface area contributed by atoms with Crippen molar-refractivity contribution in [1.29, 1.82) is 0 Å². The molecule has 0 aliphatic carbocycles. The van der Waals surface area contributed by atoms with E-state index in [-0.39, 0.29) is 0 Å². The van der Waals surface area contributed by atoms with Crippen LogP contribution in [0.25, 0.3) is 10.9 Å². The summed E-state index contributed by atoms with van der Waals surface area (Å²) in [5, 5.41) is 10.3. The van der Waals surface area contributed by atoms with E-state index in [4.69, 9.17) is 10.8 Å². The van der Waals surface area contributed by atoms with Crippen molar-refractivity contribution in [2.24, 2.45) is 11.7 Å². The molecule has 7 heteroatoms. The Morgan fingerprint density at radius 2 is 1.87 bits per heavy atom. The van der Waals surface area contributed by atoms with Gasteiger partial charge in [0.1, 0.15) is 11.6 Å². The fourth-order valence-electron chi connectivity index (χ4n) is 3.32. The molecule has 0 bridgehead atoms. The minimum Gasteiger partial charge on any atom is -0.396 e. The third-order valence-corrected chi connectivity index (χ3v) is 5.24. The molecule has 0 atom stereocenters. The highest BCUT2D eigenvalue weighted by molar-refractivity contribution is 5.78. The molecule has 3 heterocycles. The number of rotatable bonds is 3. The molecule has 0 amide bonds. The van der Waals surface area contributed by atoms with Gasteiger partial charge in [0.2, 0.25) is 0 Å². The summed E-state index contributed by atoms with van der Waals surface area (Å²) in [6.07, 6.45) is 6.67. The topological polar surface area (TPSA) is 114 Å². The van der Waals surface area contributed by atoms with Gasteiger partial charge in [0.05, 0.1) is 17.4 Å². The minimum atomic E-state index is 0.292. The van der Waals surface area contributed by atoms with Crippen molar-refractivity contribution in [3.63, 3.8) is 0 Å². The lowest BCUT2D eigenvalue weighted by atomic mass is 9.98. The maximum atomic E-state index is 9.07. The summed E-state index contributed by atoms with van der Waals surface area (Å²) in [4.78, 5) is 15.0. The van der Waals surface area contributed by atoms with Crippen LogP contribution in [-0.2, 0) is 6.42 Å². The predicted octanol–water partition coefficient (Wildman–Crippen LogP) is 2.95. The van der Waals surface area contributed by atoms with Crippen LogP contribution in [-0.4, -0.2) is 46.8 Å². The average Bonchev–Trinajstić information content (AvgIpc) is 2.82. The van der Waals surface area contributed by atoms with Crippen molar-refractivity contribution in [3.05, 3.63) is 54.0 Å². The van der Waals surface area contributed by atoms with E-state index in [2.05, 4.69) is 56.8 Å².